The van der Waals surface area contributed by atoms with Crippen LogP contribution in [0.3, 0.4) is 0 Å². The van der Waals surface area contributed by atoms with Gasteiger partial charge in [-0.3, -0.25) is 9.10 Å². The third-order valence-corrected chi connectivity index (χ3v) is 6.93. The lowest BCUT2D eigenvalue weighted by Gasteiger charge is -2.23. The van der Waals surface area contributed by atoms with Gasteiger partial charge in [0.15, 0.2) is 0 Å². The van der Waals surface area contributed by atoms with Crippen molar-refractivity contribution in [1.29, 1.82) is 0 Å². The van der Waals surface area contributed by atoms with E-state index in [9.17, 15) is 13.2 Å². The van der Waals surface area contributed by atoms with Crippen LogP contribution in [0.15, 0.2) is 36.4 Å². The molecule has 0 bridgehead atoms. The molecule has 1 amide bonds. The highest BCUT2D eigenvalue weighted by molar-refractivity contribution is 7.98. The monoisotopic (exact) mass is 494 g/mol. The highest BCUT2D eigenvalue weighted by atomic mass is 35.5. The van der Waals surface area contributed by atoms with Gasteiger partial charge >= 0.3 is 0 Å². The van der Waals surface area contributed by atoms with E-state index < -0.39 is 10.0 Å². The van der Waals surface area contributed by atoms with Gasteiger partial charge in [0.25, 0.3) is 0 Å². The van der Waals surface area contributed by atoms with Crippen LogP contribution in [0.2, 0.25) is 15.1 Å². The number of anilines is 1. The van der Waals surface area contributed by atoms with Crippen LogP contribution < -0.4 is 9.62 Å². The van der Waals surface area contributed by atoms with Crippen molar-refractivity contribution >= 4 is 68.2 Å². The van der Waals surface area contributed by atoms with Crippen LogP contribution in [0.1, 0.15) is 11.1 Å². The third-order valence-electron chi connectivity index (χ3n) is 3.97. The van der Waals surface area contributed by atoms with Crippen molar-refractivity contribution < 1.29 is 13.2 Å². The molecule has 0 unspecified atom stereocenters. The molecule has 2 rings (SSSR count). The fourth-order valence-corrected chi connectivity index (χ4v) is 4.99. The molecule has 0 aliphatic carbocycles. The largest absolute Gasteiger partial charge is 0.354 e. The Balaban J connectivity index is 1.88. The number of carbonyl (C=O) groups excluding carboxylic acids is 1. The molecule has 2 aromatic rings. The molecule has 0 radical (unpaired) electrons. The molecule has 0 aliphatic rings. The summed E-state index contributed by atoms with van der Waals surface area (Å²) in [5.74, 6) is 0.947. The van der Waals surface area contributed by atoms with Crippen LogP contribution >= 0.6 is 46.6 Å². The van der Waals surface area contributed by atoms with E-state index in [2.05, 4.69) is 5.32 Å². The third kappa shape index (κ3) is 7.57. The van der Waals surface area contributed by atoms with Crippen molar-refractivity contribution in [2.45, 2.75) is 12.7 Å². The number of nitrogens with zero attached hydrogens (tertiary/aromatic N) is 1. The number of halogens is 3. The summed E-state index contributed by atoms with van der Waals surface area (Å²) in [5, 5.41) is 4.34. The highest BCUT2D eigenvalue weighted by Crippen LogP contribution is 2.26. The molecule has 0 atom stereocenters. The second kappa shape index (κ2) is 10.8. The maximum Gasteiger partial charge on any atom is 0.240 e. The Labute approximate surface area is 190 Å². The minimum Gasteiger partial charge on any atom is -0.354 e. The first-order valence-electron chi connectivity index (χ1n) is 8.60. The summed E-state index contributed by atoms with van der Waals surface area (Å²) in [6, 6.07) is 10.3. The second-order valence-electron chi connectivity index (χ2n) is 6.34. The molecule has 0 heterocycles. The van der Waals surface area contributed by atoms with Crippen LogP contribution in [0.25, 0.3) is 0 Å². The van der Waals surface area contributed by atoms with Crippen molar-refractivity contribution in [2.75, 3.05) is 29.4 Å². The van der Waals surface area contributed by atoms with Crippen LogP contribution in [-0.2, 0) is 20.6 Å². The van der Waals surface area contributed by atoms with E-state index in [1.54, 1.807) is 43.0 Å². The van der Waals surface area contributed by atoms with Gasteiger partial charge in [0.2, 0.25) is 15.9 Å². The van der Waals surface area contributed by atoms with Gasteiger partial charge in [0, 0.05) is 33.1 Å². The van der Waals surface area contributed by atoms with Gasteiger partial charge in [0.05, 0.1) is 11.9 Å². The molecule has 0 aliphatic heterocycles. The Kier molecular flexibility index (Phi) is 8.97. The first kappa shape index (κ1) is 24.2. The maximum absolute atomic E-state index is 12.3. The molecule has 1 N–H and O–H groups in total. The average molecular weight is 496 g/mol. The molecule has 5 nitrogen and oxygen atoms in total. The number of rotatable bonds is 9. The number of sulfonamides is 1. The van der Waals surface area contributed by atoms with Crippen molar-refractivity contribution in [3.63, 3.8) is 0 Å². The van der Waals surface area contributed by atoms with Gasteiger partial charge in [-0.15, -0.1) is 0 Å². The number of hydrogen-bond acceptors (Lipinski definition) is 4. The number of aryl methyl sites for hydroxylation is 1. The highest BCUT2D eigenvalue weighted by Gasteiger charge is 2.22. The van der Waals surface area contributed by atoms with E-state index >= 15 is 0 Å². The van der Waals surface area contributed by atoms with E-state index in [0.717, 1.165) is 16.1 Å². The van der Waals surface area contributed by atoms with E-state index in [1.807, 2.05) is 6.07 Å². The first-order chi connectivity index (χ1) is 13.6. The Hall–Kier alpha value is -1.12. The molecule has 0 saturated carbocycles. The Bertz CT molecular complexity index is 985. The van der Waals surface area contributed by atoms with E-state index in [0.29, 0.717) is 44.4 Å². The Morgan fingerprint density at radius 2 is 1.76 bits per heavy atom. The molecular weight excluding hydrogens is 475 g/mol. The van der Waals surface area contributed by atoms with Crippen molar-refractivity contribution in [3.05, 3.63) is 62.6 Å². The average Bonchev–Trinajstić information content (AvgIpc) is 2.62. The van der Waals surface area contributed by atoms with Crippen LogP contribution in [0, 0.1) is 6.92 Å². The van der Waals surface area contributed by atoms with Gasteiger partial charge in [-0.05, 0) is 42.3 Å². The number of hydrogen-bond donors (Lipinski definition) is 1. The van der Waals surface area contributed by atoms with Gasteiger partial charge in [-0.2, -0.15) is 11.8 Å². The van der Waals surface area contributed by atoms with E-state index in [1.165, 1.54) is 6.07 Å². The number of amides is 1. The summed E-state index contributed by atoms with van der Waals surface area (Å²) in [6.45, 7) is 1.86. The molecule has 0 saturated heterocycles. The predicted molar refractivity (Wildman–Crippen MR) is 124 cm³/mol. The molecule has 158 valence electrons. The Morgan fingerprint density at radius 1 is 1.10 bits per heavy atom. The lowest BCUT2D eigenvalue weighted by Crippen LogP contribution is -2.41. The quantitative estimate of drug-likeness (QED) is 0.509. The number of carbonyl (C=O) groups is 1. The molecule has 29 heavy (non-hydrogen) atoms. The molecule has 0 fully saturated rings. The molecule has 2 aromatic carbocycles. The smallest absolute Gasteiger partial charge is 0.240 e. The number of benzene rings is 2. The van der Waals surface area contributed by atoms with Crippen LogP contribution in [0.5, 0.6) is 0 Å². The van der Waals surface area contributed by atoms with Crippen LogP contribution in [0.4, 0.5) is 5.69 Å². The number of thioether (sulfide) groups is 1. The minimum atomic E-state index is -3.65. The van der Waals surface area contributed by atoms with Crippen molar-refractivity contribution in [1.82, 2.24) is 5.32 Å². The summed E-state index contributed by atoms with van der Waals surface area (Å²) in [5.41, 5.74) is 2.07. The summed E-state index contributed by atoms with van der Waals surface area (Å²) >= 11 is 19.6. The zero-order valence-electron chi connectivity index (χ0n) is 15.9. The summed E-state index contributed by atoms with van der Waals surface area (Å²) < 4.78 is 25.5. The zero-order valence-corrected chi connectivity index (χ0v) is 19.8. The number of nitrogens with one attached hydrogen (secondary N) is 1. The normalized spacial score (nSPS) is 11.3. The van der Waals surface area contributed by atoms with Gasteiger partial charge < -0.3 is 5.32 Å². The summed E-state index contributed by atoms with van der Waals surface area (Å²) in [4.78, 5) is 12.3. The first-order valence-corrected chi connectivity index (χ1v) is 12.7. The topological polar surface area (TPSA) is 66.5 Å². The van der Waals surface area contributed by atoms with E-state index in [-0.39, 0.29) is 12.5 Å². The zero-order chi connectivity index (χ0) is 21.6. The van der Waals surface area contributed by atoms with Gasteiger partial charge in [0.1, 0.15) is 6.54 Å². The molecule has 0 aromatic heterocycles. The predicted octanol–water partition coefficient (Wildman–Crippen LogP) is 4.77. The molecular formula is C19H21Cl3N2O3S2. The Morgan fingerprint density at radius 3 is 2.41 bits per heavy atom. The fourth-order valence-electron chi connectivity index (χ4n) is 2.50. The van der Waals surface area contributed by atoms with Crippen molar-refractivity contribution in [3.8, 4) is 0 Å². The second-order valence-corrected chi connectivity index (χ2v) is 10.6. The SMILES string of the molecule is Cc1ccc(Cl)cc1N(CC(=O)NCCSCc1ccc(Cl)cc1Cl)S(C)(=O)=O. The molecule has 10 heteroatoms. The maximum atomic E-state index is 12.3. The molecule has 0 spiro atoms. The van der Waals surface area contributed by atoms with E-state index in [4.69, 9.17) is 34.8 Å². The van der Waals surface area contributed by atoms with Gasteiger partial charge in [-0.1, -0.05) is 46.9 Å². The summed E-state index contributed by atoms with van der Waals surface area (Å²) in [7, 11) is -3.65. The van der Waals surface area contributed by atoms with Gasteiger partial charge in [-0.25, -0.2) is 8.42 Å². The lowest BCUT2D eigenvalue weighted by atomic mass is 10.2. The van der Waals surface area contributed by atoms with Crippen LogP contribution in [-0.4, -0.2) is 39.4 Å². The summed E-state index contributed by atoms with van der Waals surface area (Å²) in [6.07, 6.45) is 1.06. The lowest BCUT2D eigenvalue weighted by molar-refractivity contribution is -0.119. The minimum absolute atomic E-state index is 0.312. The fraction of sp³-hybridized carbons (Fsp3) is 0.316. The standard InChI is InChI=1S/C19H21Cl3N2O3S2/c1-13-3-5-16(21)10-18(13)24(29(2,26)27)11-19(25)23-7-8-28-12-14-4-6-15(20)9-17(14)22/h3-6,9-10H,7-8,11-12H2,1-2H3,(H,23,25). The van der Waals surface area contributed by atoms with Crippen molar-refractivity contribution in [2.24, 2.45) is 0 Å².